The topological polar surface area (TPSA) is 49.7 Å². The van der Waals surface area contributed by atoms with Gasteiger partial charge in [0, 0.05) is 11.6 Å². The summed E-state index contributed by atoms with van der Waals surface area (Å²) >= 11 is 0. The maximum Gasteiger partial charge on any atom is 0.196 e. The minimum Gasteiger partial charge on any atom is -0.508 e. The molecule has 3 nitrogen and oxygen atoms in total. The van der Waals surface area contributed by atoms with Crippen LogP contribution in [0.1, 0.15) is 12.0 Å². The molecule has 1 aromatic carbocycles. The van der Waals surface area contributed by atoms with E-state index in [9.17, 15) is 5.11 Å². The van der Waals surface area contributed by atoms with Crippen LogP contribution < -0.4 is 4.74 Å². The Morgan fingerprint density at radius 3 is 3.00 bits per heavy atom. The standard InChI is InChI=1S/C9H8O3/c10-7-4-6-2-1-3-12-9(6)8(11)5-7/h4-5,10-11H,1-2H2. The minimum atomic E-state index is -0.0304. The number of phenolic OH excluding ortho intramolecular Hbond substituents is 2. The zero-order valence-electron chi connectivity index (χ0n) is 6.37. The van der Waals surface area contributed by atoms with E-state index in [0.29, 0.717) is 12.2 Å². The zero-order valence-corrected chi connectivity index (χ0v) is 6.37. The van der Waals surface area contributed by atoms with Crippen molar-refractivity contribution in [3.63, 3.8) is 0 Å². The van der Waals surface area contributed by atoms with Gasteiger partial charge in [-0.2, -0.15) is 0 Å². The summed E-state index contributed by atoms with van der Waals surface area (Å²) in [6.07, 6.45) is 1.44. The van der Waals surface area contributed by atoms with Gasteiger partial charge < -0.3 is 14.9 Å². The predicted molar refractivity (Wildman–Crippen MR) is 42.0 cm³/mol. The normalized spacial score (nSPS) is 15.0. The third-order valence-corrected chi connectivity index (χ3v) is 1.80. The van der Waals surface area contributed by atoms with Crippen molar-refractivity contribution in [1.29, 1.82) is 0 Å². The molecule has 0 amide bonds. The number of hydrogen-bond acceptors (Lipinski definition) is 3. The van der Waals surface area contributed by atoms with E-state index in [2.05, 4.69) is 6.61 Å². The van der Waals surface area contributed by atoms with Crippen LogP contribution in [0.5, 0.6) is 17.2 Å². The SMILES string of the molecule is Oc1cc(O)c2c(c1)CC[C]O2. The number of aryl methyl sites for hydroxylation is 1. The van der Waals surface area contributed by atoms with Crippen molar-refractivity contribution >= 4 is 0 Å². The first-order chi connectivity index (χ1) is 5.77. The smallest absolute Gasteiger partial charge is 0.196 e. The highest BCUT2D eigenvalue weighted by atomic mass is 16.5. The first-order valence-electron chi connectivity index (χ1n) is 3.72. The second-order valence-electron chi connectivity index (χ2n) is 2.70. The molecule has 0 spiro atoms. The maximum absolute atomic E-state index is 9.31. The van der Waals surface area contributed by atoms with Crippen molar-refractivity contribution in [1.82, 2.24) is 0 Å². The van der Waals surface area contributed by atoms with Crippen molar-refractivity contribution in [2.45, 2.75) is 12.8 Å². The summed E-state index contributed by atoms with van der Waals surface area (Å²) in [6, 6.07) is 2.85. The van der Waals surface area contributed by atoms with Gasteiger partial charge >= 0.3 is 0 Å². The molecule has 0 atom stereocenters. The van der Waals surface area contributed by atoms with E-state index in [4.69, 9.17) is 9.84 Å². The van der Waals surface area contributed by atoms with Gasteiger partial charge in [0.15, 0.2) is 18.1 Å². The Balaban J connectivity index is 2.53. The predicted octanol–water partition coefficient (Wildman–Crippen LogP) is 1.46. The number of benzene rings is 1. The number of hydrogen-bond donors (Lipinski definition) is 2. The van der Waals surface area contributed by atoms with Gasteiger partial charge in [0.1, 0.15) is 5.75 Å². The molecule has 0 aromatic heterocycles. The number of aromatic hydroxyl groups is 2. The second kappa shape index (κ2) is 2.59. The van der Waals surface area contributed by atoms with Gasteiger partial charge in [-0.1, -0.05) is 0 Å². The van der Waals surface area contributed by atoms with E-state index < -0.39 is 0 Å². The molecule has 0 saturated carbocycles. The average Bonchev–Trinajstić information content (AvgIpc) is 2.04. The lowest BCUT2D eigenvalue weighted by Gasteiger charge is -2.16. The number of rotatable bonds is 0. The van der Waals surface area contributed by atoms with Crippen LogP contribution in [0.25, 0.3) is 0 Å². The molecule has 1 aromatic rings. The molecule has 0 aliphatic carbocycles. The Morgan fingerprint density at radius 2 is 2.17 bits per heavy atom. The van der Waals surface area contributed by atoms with Crippen LogP contribution in [-0.4, -0.2) is 10.2 Å². The van der Waals surface area contributed by atoms with Crippen LogP contribution in [0.15, 0.2) is 12.1 Å². The summed E-state index contributed by atoms with van der Waals surface area (Å²) in [5.41, 5.74) is 0.825. The van der Waals surface area contributed by atoms with E-state index in [1.165, 1.54) is 6.07 Å². The van der Waals surface area contributed by atoms with Crippen molar-refractivity contribution < 1.29 is 14.9 Å². The molecule has 2 rings (SSSR count). The van der Waals surface area contributed by atoms with Crippen LogP contribution in [0, 0.1) is 6.61 Å². The fourth-order valence-corrected chi connectivity index (χ4v) is 1.27. The van der Waals surface area contributed by atoms with Gasteiger partial charge in [0.05, 0.1) is 0 Å². The van der Waals surface area contributed by atoms with Crippen LogP contribution in [0.2, 0.25) is 0 Å². The summed E-state index contributed by atoms with van der Waals surface area (Å²) in [5.74, 6) is 0.452. The molecule has 0 bridgehead atoms. The minimum absolute atomic E-state index is 0.0304. The second-order valence-corrected chi connectivity index (χ2v) is 2.70. The van der Waals surface area contributed by atoms with Gasteiger partial charge in [-0.3, -0.25) is 0 Å². The van der Waals surface area contributed by atoms with Crippen LogP contribution in [0.3, 0.4) is 0 Å². The molecule has 3 heteroatoms. The molecule has 62 valence electrons. The van der Waals surface area contributed by atoms with E-state index in [1.807, 2.05) is 0 Å². The van der Waals surface area contributed by atoms with Crippen molar-refractivity contribution in [3.8, 4) is 17.2 Å². The lowest BCUT2D eigenvalue weighted by molar-refractivity contribution is 0.335. The van der Waals surface area contributed by atoms with Crippen molar-refractivity contribution in [2.24, 2.45) is 0 Å². The number of ether oxygens (including phenoxy) is 1. The molecule has 12 heavy (non-hydrogen) atoms. The third kappa shape index (κ3) is 1.07. The van der Waals surface area contributed by atoms with Gasteiger partial charge in [-0.05, 0) is 18.9 Å². The summed E-state index contributed by atoms with van der Waals surface area (Å²) in [6.45, 7) is 2.66. The summed E-state index contributed by atoms with van der Waals surface area (Å²) in [5, 5.41) is 18.4. The molecule has 2 radical (unpaired) electrons. The Bertz CT molecular complexity index is 307. The highest BCUT2D eigenvalue weighted by molar-refractivity contribution is 5.51. The monoisotopic (exact) mass is 164 g/mol. The first-order valence-corrected chi connectivity index (χ1v) is 3.72. The molecule has 2 N–H and O–H groups in total. The maximum atomic E-state index is 9.31. The third-order valence-electron chi connectivity index (χ3n) is 1.80. The molecule has 1 aliphatic heterocycles. The molecule has 1 aliphatic rings. The average molecular weight is 164 g/mol. The molecular formula is C9H8O3. The highest BCUT2D eigenvalue weighted by Crippen LogP contribution is 2.37. The number of fused-ring (bicyclic) bond motifs is 1. The van der Waals surface area contributed by atoms with E-state index in [-0.39, 0.29) is 11.5 Å². The molecule has 1 heterocycles. The lowest BCUT2D eigenvalue weighted by atomic mass is 10.1. The Hall–Kier alpha value is -1.38. The van der Waals surface area contributed by atoms with E-state index in [0.717, 1.165) is 12.0 Å². The molecule has 0 unspecified atom stereocenters. The van der Waals surface area contributed by atoms with Gasteiger partial charge in [0.25, 0.3) is 0 Å². The summed E-state index contributed by atoms with van der Waals surface area (Å²) in [4.78, 5) is 0. The molecular weight excluding hydrogens is 156 g/mol. The quantitative estimate of drug-likeness (QED) is 0.610. The Morgan fingerprint density at radius 1 is 1.33 bits per heavy atom. The van der Waals surface area contributed by atoms with Crippen LogP contribution in [0.4, 0.5) is 0 Å². The lowest BCUT2D eigenvalue weighted by Crippen LogP contribution is -2.03. The summed E-state index contributed by atoms with van der Waals surface area (Å²) in [7, 11) is 0. The first kappa shape index (κ1) is 7.28. The van der Waals surface area contributed by atoms with Gasteiger partial charge in [-0.15, -0.1) is 0 Å². The fourth-order valence-electron chi connectivity index (χ4n) is 1.27. The van der Waals surface area contributed by atoms with Crippen LogP contribution >= 0.6 is 0 Å². The number of phenols is 2. The Kier molecular flexibility index (Phi) is 1.57. The van der Waals surface area contributed by atoms with E-state index >= 15 is 0 Å². The van der Waals surface area contributed by atoms with E-state index in [1.54, 1.807) is 6.07 Å². The zero-order chi connectivity index (χ0) is 8.55. The van der Waals surface area contributed by atoms with Gasteiger partial charge in [0.2, 0.25) is 0 Å². The largest absolute Gasteiger partial charge is 0.508 e. The van der Waals surface area contributed by atoms with Crippen LogP contribution in [-0.2, 0) is 6.42 Å². The van der Waals surface area contributed by atoms with Gasteiger partial charge in [-0.25, -0.2) is 0 Å². The fraction of sp³-hybridized carbons (Fsp3) is 0.222. The highest BCUT2D eigenvalue weighted by Gasteiger charge is 2.16. The van der Waals surface area contributed by atoms with Crippen molar-refractivity contribution in [3.05, 3.63) is 24.3 Å². The molecule has 0 fully saturated rings. The molecule has 0 saturated heterocycles. The summed E-state index contributed by atoms with van der Waals surface area (Å²) < 4.78 is 5.00. The Labute approximate surface area is 70.2 Å². The van der Waals surface area contributed by atoms with Crippen molar-refractivity contribution in [2.75, 3.05) is 0 Å².